The molecule has 0 N–H and O–H groups in total. The molecule has 3 heterocycles. The number of likely N-dealkylation sites (tertiary alicyclic amines) is 1. The molecule has 29 heavy (non-hydrogen) atoms. The topological polar surface area (TPSA) is 55.6 Å². The number of Topliss-reactive ketones (excluding diaryl/α,β-unsaturated/α-hetero) is 1. The van der Waals surface area contributed by atoms with Crippen molar-refractivity contribution in [2.45, 2.75) is 26.3 Å². The molecule has 0 spiro atoms. The number of ketones is 1. The molecule has 1 aliphatic rings. The number of halogens is 1. The van der Waals surface area contributed by atoms with Gasteiger partial charge in [0.25, 0.3) is 0 Å². The first-order valence-corrected chi connectivity index (χ1v) is 10.5. The van der Waals surface area contributed by atoms with E-state index in [1.165, 1.54) is 24.5 Å². The SMILES string of the molecule is COc1cc(-c2nc(CN3CCC[C@@H](C(=O)c4cccs4)C3)c(C)o2)ccc1F. The van der Waals surface area contributed by atoms with Gasteiger partial charge in [0, 0.05) is 24.6 Å². The minimum Gasteiger partial charge on any atom is -0.494 e. The van der Waals surface area contributed by atoms with Crippen molar-refractivity contribution in [2.75, 3.05) is 20.2 Å². The maximum absolute atomic E-state index is 13.7. The number of methoxy groups -OCH3 is 1. The van der Waals surface area contributed by atoms with Crippen LogP contribution in [0.4, 0.5) is 4.39 Å². The van der Waals surface area contributed by atoms with E-state index >= 15 is 0 Å². The summed E-state index contributed by atoms with van der Waals surface area (Å²) in [6.07, 6.45) is 1.91. The van der Waals surface area contributed by atoms with Gasteiger partial charge in [0.2, 0.25) is 5.89 Å². The molecule has 0 unspecified atom stereocenters. The number of carbonyl (C=O) groups is 1. The van der Waals surface area contributed by atoms with E-state index in [1.54, 1.807) is 12.1 Å². The number of nitrogens with zero attached hydrogens (tertiary/aromatic N) is 2. The molecule has 5 nitrogen and oxygen atoms in total. The number of carbonyl (C=O) groups excluding carboxylic acids is 1. The molecular weight excluding hydrogens is 391 g/mol. The zero-order valence-corrected chi connectivity index (χ0v) is 17.3. The highest BCUT2D eigenvalue weighted by Crippen LogP contribution is 2.29. The van der Waals surface area contributed by atoms with E-state index in [-0.39, 0.29) is 17.5 Å². The Balaban J connectivity index is 1.48. The molecule has 4 rings (SSSR count). The van der Waals surface area contributed by atoms with Crippen molar-refractivity contribution in [1.29, 1.82) is 0 Å². The summed E-state index contributed by atoms with van der Waals surface area (Å²) in [5.74, 6) is 1.17. The van der Waals surface area contributed by atoms with Gasteiger partial charge in [-0.05, 0) is 56.0 Å². The Morgan fingerprint density at radius 2 is 2.28 bits per heavy atom. The molecule has 0 saturated carbocycles. The van der Waals surface area contributed by atoms with Gasteiger partial charge in [-0.2, -0.15) is 0 Å². The summed E-state index contributed by atoms with van der Waals surface area (Å²) in [6, 6.07) is 8.38. The summed E-state index contributed by atoms with van der Waals surface area (Å²) in [5.41, 5.74) is 1.51. The lowest BCUT2D eigenvalue weighted by Gasteiger charge is -2.31. The fourth-order valence-corrected chi connectivity index (χ4v) is 4.48. The van der Waals surface area contributed by atoms with Crippen molar-refractivity contribution in [1.82, 2.24) is 9.88 Å². The minimum absolute atomic E-state index is 0.0236. The molecular formula is C22H23FN2O3S. The standard InChI is InChI=1S/C22H23FN2O3S/c1-14-18(24-22(28-14)15-7-8-17(23)19(11-15)27-2)13-25-9-3-5-16(12-25)21(26)20-6-4-10-29-20/h4,6-8,10-11,16H,3,5,9,12-13H2,1-2H3/t16-/m1/s1. The number of rotatable bonds is 6. The Kier molecular flexibility index (Phi) is 5.78. The summed E-state index contributed by atoms with van der Waals surface area (Å²) < 4.78 is 24.6. The highest BCUT2D eigenvalue weighted by molar-refractivity contribution is 7.12. The number of benzene rings is 1. The highest BCUT2D eigenvalue weighted by Gasteiger charge is 2.28. The first-order chi connectivity index (χ1) is 14.0. The predicted molar refractivity (Wildman–Crippen MR) is 110 cm³/mol. The molecule has 1 saturated heterocycles. The van der Waals surface area contributed by atoms with Crippen LogP contribution in [0.15, 0.2) is 40.1 Å². The lowest BCUT2D eigenvalue weighted by molar-refractivity contribution is 0.0814. The van der Waals surface area contributed by atoms with Crippen molar-refractivity contribution in [2.24, 2.45) is 5.92 Å². The number of piperidine rings is 1. The van der Waals surface area contributed by atoms with Gasteiger partial charge in [0.15, 0.2) is 17.3 Å². The summed E-state index contributed by atoms with van der Waals surface area (Å²) in [5, 5.41) is 1.94. The molecule has 3 aromatic rings. The Morgan fingerprint density at radius 3 is 3.03 bits per heavy atom. The summed E-state index contributed by atoms with van der Waals surface area (Å²) >= 11 is 1.50. The minimum atomic E-state index is -0.422. The maximum Gasteiger partial charge on any atom is 0.226 e. The Labute approximate surface area is 173 Å². The summed E-state index contributed by atoms with van der Waals surface area (Å²) in [4.78, 5) is 20.4. The van der Waals surface area contributed by atoms with Gasteiger partial charge in [0.05, 0.1) is 17.7 Å². The molecule has 0 amide bonds. The van der Waals surface area contributed by atoms with Crippen LogP contribution in [0.5, 0.6) is 5.75 Å². The fraction of sp³-hybridized carbons (Fsp3) is 0.364. The molecule has 7 heteroatoms. The third kappa shape index (κ3) is 4.26. The normalized spacial score (nSPS) is 17.4. The maximum atomic E-state index is 13.7. The van der Waals surface area contributed by atoms with E-state index in [2.05, 4.69) is 9.88 Å². The van der Waals surface area contributed by atoms with Crippen LogP contribution in [0.25, 0.3) is 11.5 Å². The zero-order valence-electron chi connectivity index (χ0n) is 16.5. The van der Waals surface area contributed by atoms with Crippen molar-refractivity contribution in [3.8, 4) is 17.2 Å². The third-order valence-corrected chi connectivity index (χ3v) is 6.19. The van der Waals surface area contributed by atoms with E-state index in [4.69, 9.17) is 9.15 Å². The summed E-state index contributed by atoms with van der Waals surface area (Å²) in [6.45, 7) is 4.16. The van der Waals surface area contributed by atoms with E-state index < -0.39 is 5.82 Å². The van der Waals surface area contributed by atoms with Crippen LogP contribution in [0.3, 0.4) is 0 Å². The molecule has 1 fully saturated rings. The van der Waals surface area contributed by atoms with Crippen LogP contribution in [0.1, 0.15) is 34.0 Å². The van der Waals surface area contributed by atoms with E-state index in [0.717, 1.165) is 42.3 Å². The molecule has 1 atom stereocenters. The fourth-order valence-electron chi connectivity index (χ4n) is 3.74. The second-order valence-corrected chi connectivity index (χ2v) is 8.23. The largest absolute Gasteiger partial charge is 0.494 e. The van der Waals surface area contributed by atoms with Crippen molar-refractivity contribution in [3.05, 3.63) is 57.9 Å². The summed E-state index contributed by atoms with van der Waals surface area (Å²) in [7, 11) is 1.43. The molecule has 1 aromatic carbocycles. The monoisotopic (exact) mass is 414 g/mol. The quantitative estimate of drug-likeness (QED) is 0.534. The number of oxazole rings is 1. The van der Waals surface area contributed by atoms with Gasteiger partial charge in [0.1, 0.15) is 5.76 Å². The van der Waals surface area contributed by atoms with Gasteiger partial charge in [-0.15, -0.1) is 11.3 Å². The first kappa shape index (κ1) is 19.8. The van der Waals surface area contributed by atoms with Crippen molar-refractivity contribution < 1.29 is 18.3 Å². The zero-order chi connectivity index (χ0) is 20.4. The van der Waals surface area contributed by atoms with Gasteiger partial charge in [-0.25, -0.2) is 9.37 Å². The molecule has 2 aromatic heterocycles. The number of aromatic nitrogens is 1. The van der Waals surface area contributed by atoms with Crippen LogP contribution in [0, 0.1) is 18.7 Å². The predicted octanol–water partition coefficient (Wildman–Crippen LogP) is 4.95. The Bertz CT molecular complexity index is 1000. The van der Waals surface area contributed by atoms with E-state index in [0.29, 0.717) is 18.0 Å². The van der Waals surface area contributed by atoms with Gasteiger partial charge >= 0.3 is 0 Å². The number of hydrogen-bond donors (Lipinski definition) is 0. The van der Waals surface area contributed by atoms with Crippen LogP contribution >= 0.6 is 11.3 Å². The van der Waals surface area contributed by atoms with Crippen LogP contribution in [-0.2, 0) is 6.54 Å². The number of aryl methyl sites for hydroxylation is 1. The third-order valence-electron chi connectivity index (χ3n) is 5.30. The number of hydrogen-bond acceptors (Lipinski definition) is 6. The van der Waals surface area contributed by atoms with E-state index in [9.17, 15) is 9.18 Å². The number of ether oxygens (including phenoxy) is 1. The van der Waals surface area contributed by atoms with Crippen LogP contribution in [0.2, 0.25) is 0 Å². The second-order valence-electron chi connectivity index (χ2n) is 7.29. The van der Waals surface area contributed by atoms with Crippen molar-refractivity contribution in [3.63, 3.8) is 0 Å². The van der Waals surface area contributed by atoms with Gasteiger partial charge < -0.3 is 9.15 Å². The van der Waals surface area contributed by atoms with E-state index in [1.807, 2.05) is 24.4 Å². The van der Waals surface area contributed by atoms with Crippen LogP contribution in [-0.4, -0.2) is 35.9 Å². The van der Waals surface area contributed by atoms with Gasteiger partial charge in [-0.1, -0.05) is 6.07 Å². The van der Waals surface area contributed by atoms with Crippen LogP contribution < -0.4 is 4.74 Å². The average molecular weight is 415 g/mol. The molecule has 0 bridgehead atoms. The second kappa shape index (κ2) is 8.47. The molecule has 0 aliphatic carbocycles. The highest BCUT2D eigenvalue weighted by atomic mass is 32.1. The number of thiophene rings is 1. The Hall–Kier alpha value is -2.51. The smallest absolute Gasteiger partial charge is 0.226 e. The lowest BCUT2D eigenvalue weighted by atomic mass is 9.93. The van der Waals surface area contributed by atoms with Crippen molar-refractivity contribution >= 4 is 17.1 Å². The molecule has 0 radical (unpaired) electrons. The average Bonchev–Trinajstić information content (AvgIpc) is 3.39. The lowest BCUT2D eigenvalue weighted by Crippen LogP contribution is -2.38. The molecule has 1 aliphatic heterocycles. The van der Waals surface area contributed by atoms with Gasteiger partial charge in [-0.3, -0.25) is 9.69 Å². The molecule has 152 valence electrons. The first-order valence-electron chi connectivity index (χ1n) is 9.65. The Morgan fingerprint density at radius 1 is 1.41 bits per heavy atom.